The largest absolute Gasteiger partial charge is 0.394 e. The van der Waals surface area contributed by atoms with E-state index >= 15 is 0 Å². The van der Waals surface area contributed by atoms with E-state index in [2.05, 4.69) is 0 Å². The second-order valence-electron chi connectivity index (χ2n) is 4.78. The van der Waals surface area contributed by atoms with E-state index in [1.165, 1.54) is 0 Å². The quantitative estimate of drug-likeness (QED) is 0.793. The van der Waals surface area contributed by atoms with Crippen LogP contribution in [0.5, 0.6) is 0 Å². The molecule has 16 heavy (non-hydrogen) atoms. The standard InChI is InChI=1S/C13H21NO2/c1-13(2,10-15)14(3)9-12(16)11-7-5-4-6-8-11/h4-8,12,15-16H,9-10H2,1-3H3/t12-/m0/s1. The molecule has 2 N–H and O–H groups in total. The summed E-state index contributed by atoms with van der Waals surface area (Å²) >= 11 is 0. The van der Waals surface area contributed by atoms with Crippen molar-refractivity contribution in [2.45, 2.75) is 25.5 Å². The third-order valence-electron chi connectivity index (χ3n) is 3.05. The maximum Gasteiger partial charge on any atom is 0.0917 e. The summed E-state index contributed by atoms with van der Waals surface area (Å²) in [6.45, 7) is 4.48. The number of aliphatic hydroxyl groups is 2. The molecular formula is C13H21NO2. The molecule has 0 saturated heterocycles. The SMILES string of the molecule is CN(C[C@H](O)c1ccccc1)C(C)(C)CO. The van der Waals surface area contributed by atoms with Gasteiger partial charge in [0.1, 0.15) is 0 Å². The van der Waals surface area contributed by atoms with Crippen LogP contribution in [0, 0.1) is 0 Å². The number of aliphatic hydroxyl groups excluding tert-OH is 2. The molecule has 1 aromatic carbocycles. The Morgan fingerprint density at radius 2 is 1.81 bits per heavy atom. The number of benzene rings is 1. The highest BCUT2D eigenvalue weighted by Gasteiger charge is 2.24. The molecule has 90 valence electrons. The first-order valence-corrected chi connectivity index (χ1v) is 5.52. The van der Waals surface area contributed by atoms with Crippen molar-refractivity contribution in [3.63, 3.8) is 0 Å². The van der Waals surface area contributed by atoms with E-state index in [4.69, 9.17) is 0 Å². The first-order chi connectivity index (χ1) is 7.47. The Bertz CT molecular complexity index is 311. The smallest absolute Gasteiger partial charge is 0.0917 e. The summed E-state index contributed by atoms with van der Waals surface area (Å²) < 4.78 is 0. The number of likely N-dealkylation sites (N-methyl/N-ethyl adjacent to an activating group) is 1. The average Bonchev–Trinajstić information content (AvgIpc) is 2.30. The summed E-state index contributed by atoms with van der Waals surface area (Å²) in [6.07, 6.45) is -0.517. The summed E-state index contributed by atoms with van der Waals surface area (Å²) in [5.74, 6) is 0. The van der Waals surface area contributed by atoms with Gasteiger partial charge in [0.25, 0.3) is 0 Å². The molecule has 0 amide bonds. The molecule has 0 heterocycles. The van der Waals surface area contributed by atoms with Crippen LogP contribution < -0.4 is 0 Å². The van der Waals surface area contributed by atoms with Gasteiger partial charge in [-0.2, -0.15) is 0 Å². The lowest BCUT2D eigenvalue weighted by Gasteiger charge is -2.35. The fraction of sp³-hybridized carbons (Fsp3) is 0.538. The molecule has 0 aromatic heterocycles. The minimum Gasteiger partial charge on any atom is -0.394 e. The molecule has 0 spiro atoms. The Hall–Kier alpha value is -0.900. The van der Waals surface area contributed by atoms with Gasteiger partial charge in [-0.1, -0.05) is 30.3 Å². The van der Waals surface area contributed by atoms with Crippen molar-refractivity contribution in [1.29, 1.82) is 0 Å². The number of hydrogen-bond acceptors (Lipinski definition) is 3. The summed E-state index contributed by atoms with van der Waals surface area (Å²) in [7, 11) is 1.91. The first-order valence-electron chi connectivity index (χ1n) is 5.52. The Morgan fingerprint density at radius 1 is 1.25 bits per heavy atom. The summed E-state index contributed by atoms with van der Waals surface area (Å²) in [5.41, 5.74) is 0.596. The second-order valence-corrected chi connectivity index (χ2v) is 4.78. The van der Waals surface area contributed by atoms with Crippen molar-refractivity contribution in [1.82, 2.24) is 4.90 Å². The molecule has 1 rings (SSSR count). The van der Waals surface area contributed by atoms with E-state index in [0.29, 0.717) is 6.54 Å². The van der Waals surface area contributed by atoms with Crippen LogP contribution >= 0.6 is 0 Å². The maximum atomic E-state index is 10.0. The Balaban J connectivity index is 2.62. The number of rotatable bonds is 5. The van der Waals surface area contributed by atoms with Gasteiger partial charge < -0.3 is 10.2 Å². The molecule has 0 fully saturated rings. The lowest BCUT2D eigenvalue weighted by molar-refractivity contribution is 0.0360. The molecule has 1 aromatic rings. The van der Waals surface area contributed by atoms with Crippen LogP contribution in [0.25, 0.3) is 0 Å². The maximum absolute atomic E-state index is 10.0. The van der Waals surface area contributed by atoms with Crippen molar-refractivity contribution in [2.24, 2.45) is 0 Å². The van der Waals surface area contributed by atoms with E-state index < -0.39 is 6.10 Å². The van der Waals surface area contributed by atoms with Gasteiger partial charge in [-0.15, -0.1) is 0 Å². The van der Waals surface area contributed by atoms with Crippen LogP contribution in [0.15, 0.2) is 30.3 Å². The molecule has 1 atom stereocenters. The van der Waals surface area contributed by atoms with Crippen LogP contribution in [0.4, 0.5) is 0 Å². The monoisotopic (exact) mass is 223 g/mol. The van der Waals surface area contributed by atoms with Crippen molar-refractivity contribution >= 4 is 0 Å². The van der Waals surface area contributed by atoms with Gasteiger partial charge in [-0.25, -0.2) is 0 Å². The van der Waals surface area contributed by atoms with Gasteiger partial charge in [0, 0.05) is 12.1 Å². The van der Waals surface area contributed by atoms with Crippen molar-refractivity contribution in [3.8, 4) is 0 Å². The summed E-state index contributed by atoms with van der Waals surface area (Å²) in [6, 6.07) is 9.57. The van der Waals surface area contributed by atoms with Gasteiger partial charge in [-0.3, -0.25) is 4.90 Å². The zero-order valence-corrected chi connectivity index (χ0v) is 10.2. The first kappa shape index (κ1) is 13.2. The molecule has 0 aliphatic rings. The Morgan fingerprint density at radius 3 is 2.31 bits per heavy atom. The van der Waals surface area contributed by atoms with E-state index in [-0.39, 0.29) is 12.1 Å². The minimum atomic E-state index is -0.517. The van der Waals surface area contributed by atoms with Gasteiger partial charge in [0.2, 0.25) is 0 Å². The van der Waals surface area contributed by atoms with E-state index in [9.17, 15) is 10.2 Å². The molecule has 0 bridgehead atoms. The zero-order valence-electron chi connectivity index (χ0n) is 10.2. The van der Waals surface area contributed by atoms with Gasteiger partial charge in [0.15, 0.2) is 0 Å². The van der Waals surface area contributed by atoms with Crippen LogP contribution in [-0.4, -0.2) is 40.9 Å². The van der Waals surface area contributed by atoms with E-state index in [1.807, 2.05) is 56.1 Å². The predicted octanol–water partition coefficient (Wildman–Crippen LogP) is 1.42. The fourth-order valence-electron chi connectivity index (χ4n) is 1.41. The van der Waals surface area contributed by atoms with Crippen molar-refractivity contribution in [2.75, 3.05) is 20.2 Å². The van der Waals surface area contributed by atoms with Crippen LogP contribution in [0.3, 0.4) is 0 Å². The van der Waals surface area contributed by atoms with E-state index in [1.54, 1.807) is 0 Å². The van der Waals surface area contributed by atoms with Crippen molar-refractivity contribution < 1.29 is 10.2 Å². The minimum absolute atomic E-state index is 0.0744. The topological polar surface area (TPSA) is 43.7 Å². The Labute approximate surface area is 97.3 Å². The number of nitrogens with zero attached hydrogens (tertiary/aromatic N) is 1. The normalized spacial score (nSPS) is 14.1. The lowest BCUT2D eigenvalue weighted by Crippen LogP contribution is -2.46. The summed E-state index contributed by atoms with van der Waals surface area (Å²) in [4.78, 5) is 1.96. The molecule has 0 aliphatic heterocycles. The average molecular weight is 223 g/mol. The van der Waals surface area contributed by atoms with E-state index in [0.717, 1.165) is 5.56 Å². The molecule has 3 heteroatoms. The zero-order chi connectivity index (χ0) is 12.2. The number of β-amino-alcohol motifs (C(OH)–C–C–N with tert-alkyl or cyclic N) is 1. The molecule has 0 unspecified atom stereocenters. The van der Waals surface area contributed by atoms with Gasteiger partial charge >= 0.3 is 0 Å². The van der Waals surface area contributed by atoms with Crippen LogP contribution in [-0.2, 0) is 0 Å². The van der Waals surface area contributed by atoms with Gasteiger partial charge in [0.05, 0.1) is 12.7 Å². The second kappa shape index (κ2) is 5.43. The van der Waals surface area contributed by atoms with Crippen LogP contribution in [0.2, 0.25) is 0 Å². The van der Waals surface area contributed by atoms with Crippen LogP contribution in [0.1, 0.15) is 25.5 Å². The summed E-state index contributed by atoms with van der Waals surface area (Å²) in [5, 5.41) is 19.3. The highest BCUT2D eigenvalue weighted by atomic mass is 16.3. The third-order valence-corrected chi connectivity index (χ3v) is 3.05. The molecule has 0 aliphatic carbocycles. The molecule has 0 radical (unpaired) electrons. The fourth-order valence-corrected chi connectivity index (χ4v) is 1.41. The molecule has 0 saturated carbocycles. The Kier molecular flexibility index (Phi) is 4.47. The highest BCUT2D eigenvalue weighted by Crippen LogP contribution is 2.18. The van der Waals surface area contributed by atoms with Crippen molar-refractivity contribution in [3.05, 3.63) is 35.9 Å². The molecular weight excluding hydrogens is 202 g/mol. The lowest BCUT2D eigenvalue weighted by atomic mass is 10.0. The van der Waals surface area contributed by atoms with Gasteiger partial charge in [-0.05, 0) is 26.5 Å². The number of hydrogen-bond donors (Lipinski definition) is 2. The molecule has 3 nitrogen and oxygen atoms in total. The highest BCUT2D eigenvalue weighted by molar-refractivity contribution is 5.17. The predicted molar refractivity (Wildman–Crippen MR) is 65.2 cm³/mol. The third kappa shape index (κ3) is 3.30.